The lowest BCUT2D eigenvalue weighted by atomic mass is 10.1. The Morgan fingerprint density at radius 3 is 2.00 bits per heavy atom. The molecule has 10 heteroatoms. The van der Waals surface area contributed by atoms with E-state index in [9.17, 15) is 19.2 Å². The molecular weight excluding hydrogens is 614 g/mol. The fraction of sp³-hybridized carbons (Fsp3) is 0.353. The van der Waals surface area contributed by atoms with Gasteiger partial charge in [0.15, 0.2) is 0 Å². The molecule has 2 heterocycles. The number of nitrogens with zero attached hydrogens (tertiary/aromatic N) is 1. The summed E-state index contributed by atoms with van der Waals surface area (Å²) in [5.41, 5.74) is 3.70. The van der Waals surface area contributed by atoms with Gasteiger partial charge in [-0.15, -0.1) is 11.8 Å². The van der Waals surface area contributed by atoms with Crippen molar-refractivity contribution in [3.8, 4) is 0 Å². The second-order valence-electron chi connectivity index (χ2n) is 10.9. The van der Waals surface area contributed by atoms with E-state index in [-0.39, 0.29) is 34.9 Å². The summed E-state index contributed by atoms with van der Waals surface area (Å²) in [5, 5.41) is 5.93. The summed E-state index contributed by atoms with van der Waals surface area (Å²) in [5.74, 6) is -0.833. The molecule has 2 aliphatic heterocycles. The minimum atomic E-state index is -0.477. The van der Waals surface area contributed by atoms with Crippen molar-refractivity contribution in [1.29, 1.82) is 0 Å². The van der Waals surface area contributed by atoms with Crippen LogP contribution >= 0.6 is 35.1 Å². The number of aryl methyl sites for hydroxylation is 3. The van der Waals surface area contributed by atoms with Crippen molar-refractivity contribution in [3.05, 3.63) is 94.5 Å². The number of carbonyl (C=O) groups is 4. The molecule has 0 spiro atoms. The molecule has 2 saturated heterocycles. The van der Waals surface area contributed by atoms with Crippen molar-refractivity contribution in [2.24, 2.45) is 0 Å². The van der Waals surface area contributed by atoms with Gasteiger partial charge in [0.25, 0.3) is 11.7 Å². The molecule has 2 aliphatic rings. The first-order chi connectivity index (χ1) is 21.2. The Bertz CT molecular complexity index is 1430. The molecule has 3 aromatic rings. The van der Waals surface area contributed by atoms with Gasteiger partial charge in [-0.25, -0.2) is 0 Å². The molecule has 2 unspecified atom stereocenters. The first-order valence-electron chi connectivity index (χ1n) is 14.8. The van der Waals surface area contributed by atoms with Gasteiger partial charge in [-0.3, -0.25) is 19.2 Å². The Morgan fingerprint density at radius 1 is 0.841 bits per heavy atom. The molecule has 0 bridgehead atoms. The number of likely N-dealkylation sites (tertiary alicyclic amines) is 1. The lowest BCUT2D eigenvalue weighted by Crippen LogP contribution is -2.56. The smallest absolute Gasteiger partial charge is 0.291 e. The van der Waals surface area contributed by atoms with E-state index in [0.29, 0.717) is 13.0 Å². The van der Waals surface area contributed by atoms with Crippen molar-refractivity contribution in [1.82, 2.24) is 15.5 Å². The van der Waals surface area contributed by atoms with E-state index < -0.39 is 5.91 Å². The highest BCUT2D eigenvalue weighted by atomic mass is 35.5. The van der Waals surface area contributed by atoms with E-state index in [4.69, 9.17) is 11.6 Å². The number of nitrogens with one attached hydrogen (secondary N) is 2. The fourth-order valence-corrected chi connectivity index (χ4v) is 6.75. The highest BCUT2D eigenvalue weighted by molar-refractivity contribution is 8.01. The van der Waals surface area contributed by atoms with Crippen molar-refractivity contribution < 1.29 is 19.2 Å². The number of thioether (sulfide) groups is 2. The Hall–Kier alpha value is -3.27. The Morgan fingerprint density at radius 2 is 1.43 bits per heavy atom. The minimum Gasteiger partial charge on any atom is -0.355 e. The third-order valence-corrected chi connectivity index (χ3v) is 9.85. The van der Waals surface area contributed by atoms with Gasteiger partial charge in [0.05, 0.1) is 11.8 Å². The average molecular weight is 652 g/mol. The van der Waals surface area contributed by atoms with Gasteiger partial charge >= 0.3 is 0 Å². The first-order valence-corrected chi connectivity index (χ1v) is 16.9. The average Bonchev–Trinajstić information content (AvgIpc) is 3.02. The standard InChI is InChI=1S/C24H29ClN2O2S.C10H9NO2S/c1-18-7-13-21(14-8-18)30-24-16-23(29)27(24)17-22(28)26-15-5-3-2-4-6-19-9-11-20(25)12-10-19;1-6-2-4-7(5-3-6)14-10-8(12)9(13)11-10/h7-14,24H,2-6,15-17H2,1H3,(H,26,28);2-5,10H,1H3,(H,11,13). The fourth-order valence-electron chi connectivity index (χ4n) is 4.52. The number of carbonyl (C=O) groups excluding carboxylic acids is 4. The molecule has 0 saturated carbocycles. The van der Waals surface area contributed by atoms with E-state index in [2.05, 4.69) is 54.0 Å². The summed E-state index contributed by atoms with van der Waals surface area (Å²) >= 11 is 8.92. The summed E-state index contributed by atoms with van der Waals surface area (Å²) in [6.45, 7) is 4.87. The summed E-state index contributed by atoms with van der Waals surface area (Å²) in [6.07, 6.45) is 5.87. The van der Waals surface area contributed by atoms with Crippen molar-refractivity contribution >= 4 is 58.6 Å². The number of rotatable bonds is 13. The Kier molecular flexibility index (Phi) is 12.8. The van der Waals surface area contributed by atoms with E-state index in [0.717, 1.165) is 46.9 Å². The second-order valence-corrected chi connectivity index (χ2v) is 13.8. The third kappa shape index (κ3) is 10.4. The molecule has 5 rings (SSSR count). The van der Waals surface area contributed by atoms with Crippen LogP contribution in [0.4, 0.5) is 0 Å². The lowest BCUT2D eigenvalue weighted by molar-refractivity contribution is -0.145. The van der Waals surface area contributed by atoms with Gasteiger partial charge in [-0.1, -0.05) is 83.7 Å². The normalized spacial score (nSPS) is 17.2. The van der Waals surface area contributed by atoms with Gasteiger partial charge in [0, 0.05) is 21.4 Å². The molecule has 0 aliphatic carbocycles. The van der Waals surface area contributed by atoms with Crippen LogP contribution in [0.1, 0.15) is 48.8 Å². The predicted octanol–water partition coefficient (Wildman–Crippen LogP) is 6.33. The van der Waals surface area contributed by atoms with Gasteiger partial charge < -0.3 is 15.5 Å². The second kappa shape index (κ2) is 16.7. The summed E-state index contributed by atoms with van der Waals surface area (Å²) in [7, 11) is 0. The van der Waals surface area contributed by atoms with Crippen LogP contribution in [0.3, 0.4) is 0 Å². The Labute approximate surface area is 272 Å². The van der Waals surface area contributed by atoms with Crippen molar-refractivity contribution in [2.45, 2.75) is 72.9 Å². The maximum atomic E-state index is 12.2. The lowest BCUT2D eigenvalue weighted by Gasteiger charge is -2.39. The largest absolute Gasteiger partial charge is 0.355 e. The maximum Gasteiger partial charge on any atom is 0.291 e. The number of ketones is 1. The highest BCUT2D eigenvalue weighted by Gasteiger charge is 2.38. The van der Waals surface area contributed by atoms with Gasteiger partial charge in [0.1, 0.15) is 11.9 Å². The van der Waals surface area contributed by atoms with Crippen LogP contribution in [0.5, 0.6) is 0 Å². The van der Waals surface area contributed by atoms with Crippen molar-refractivity contribution in [2.75, 3.05) is 13.1 Å². The topological polar surface area (TPSA) is 95.6 Å². The predicted molar refractivity (Wildman–Crippen MR) is 178 cm³/mol. The zero-order valence-corrected chi connectivity index (χ0v) is 27.4. The van der Waals surface area contributed by atoms with Crippen LogP contribution in [0.15, 0.2) is 82.6 Å². The zero-order chi connectivity index (χ0) is 31.5. The number of unbranched alkanes of at least 4 members (excludes halogenated alkanes) is 3. The summed E-state index contributed by atoms with van der Waals surface area (Å²) in [4.78, 5) is 49.5. The number of halogens is 1. The zero-order valence-electron chi connectivity index (χ0n) is 25.0. The molecule has 2 atom stereocenters. The van der Waals surface area contributed by atoms with Crippen LogP contribution in [0, 0.1) is 13.8 Å². The van der Waals surface area contributed by atoms with Crippen LogP contribution in [-0.2, 0) is 25.6 Å². The molecule has 2 fully saturated rings. The molecule has 7 nitrogen and oxygen atoms in total. The third-order valence-electron chi connectivity index (χ3n) is 7.25. The number of hydrogen-bond donors (Lipinski definition) is 2. The molecule has 44 heavy (non-hydrogen) atoms. The number of amides is 3. The number of Topliss-reactive ketones (excluding diaryl/α,β-unsaturated/α-hetero) is 1. The monoisotopic (exact) mass is 651 g/mol. The van der Waals surface area contributed by atoms with Crippen LogP contribution < -0.4 is 10.6 Å². The van der Waals surface area contributed by atoms with Crippen LogP contribution in [0.25, 0.3) is 0 Å². The SMILES string of the molecule is Cc1ccc(SC2CC(=O)N2CC(=O)NCCCCCCc2ccc(Cl)cc2)cc1.Cc1ccc(SC2NC(=O)C2=O)cc1. The molecule has 3 aromatic carbocycles. The Balaban J connectivity index is 0.000000262. The van der Waals surface area contributed by atoms with Crippen LogP contribution in [-0.4, -0.2) is 52.2 Å². The summed E-state index contributed by atoms with van der Waals surface area (Å²) in [6, 6.07) is 24.1. The quantitative estimate of drug-likeness (QED) is 0.127. The molecular formula is C34H38ClN3O4S2. The summed E-state index contributed by atoms with van der Waals surface area (Å²) < 4.78 is 0. The molecule has 232 valence electrons. The van der Waals surface area contributed by atoms with Gasteiger partial charge in [-0.05, 0) is 75.1 Å². The van der Waals surface area contributed by atoms with Gasteiger partial charge in [0.2, 0.25) is 11.8 Å². The molecule has 0 aromatic heterocycles. The highest BCUT2D eigenvalue weighted by Crippen LogP contribution is 2.34. The number of benzene rings is 3. The van der Waals surface area contributed by atoms with E-state index in [1.807, 2.05) is 43.3 Å². The molecule has 3 amide bonds. The van der Waals surface area contributed by atoms with Gasteiger partial charge in [-0.2, -0.15) is 0 Å². The minimum absolute atomic E-state index is 0.0527. The number of β-lactam (4-membered cyclic amide) rings is 2. The van der Waals surface area contributed by atoms with Crippen molar-refractivity contribution in [3.63, 3.8) is 0 Å². The maximum absolute atomic E-state index is 12.2. The van der Waals surface area contributed by atoms with E-state index in [1.54, 1.807) is 16.7 Å². The molecule has 2 N–H and O–H groups in total. The number of hydrogen-bond acceptors (Lipinski definition) is 6. The first kappa shape index (κ1) is 33.6. The van der Waals surface area contributed by atoms with E-state index >= 15 is 0 Å². The van der Waals surface area contributed by atoms with Crippen LogP contribution in [0.2, 0.25) is 5.02 Å². The van der Waals surface area contributed by atoms with E-state index in [1.165, 1.54) is 28.5 Å². The molecule has 0 radical (unpaired) electrons.